The van der Waals surface area contributed by atoms with Gasteiger partial charge < -0.3 is 16.0 Å². The molecule has 0 spiro atoms. The molecule has 0 aliphatic rings. The summed E-state index contributed by atoms with van der Waals surface area (Å²) in [5.41, 5.74) is 1.04. The van der Waals surface area contributed by atoms with E-state index in [1.165, 1.54) is 10.5 Å². The zero-order chi connectivity index (χ0) is 18.0. The lowest BCUT2D eigenvalue weighted by Crippen LogP contribution is -2.43. The molecule has 0 fully saturated rings. The molecule has 0 unspecified atom stereocenters. The Labute approximate surface area is 173 Å². The lowest BCUT2D eigenvalue weighted by molar-refractivity contribution is -0.121. The van der Waals surface area contributed by atoms with Gasteiger partial charge >= 0.3 is 0 Å². The van der Waals surface area contributed by atoms with Crippen LogP contribution in [-0.2, 0) is 4.79 Å². The fourth-order valence-corrected chi connectivity index (χ4v) is 2.69. The standard InChI is InChI=1S/C18H30N4OS.HI/c1-6-19-17(21-13-16(23)22-18(3,4)5)20-11-12-24-15-9-7-14(2)8-10-15;/h7-10H,6,11-13H2,1-5H3,(H,22,23)(H2,19,20,21);1H. The van der Waals surface area contributed by atoms with Crippen LogP contribution in [0.5, 0.6) is 0 Å². The molecule has 0 radical (unpaired) electrons. The number of amides is 1. The van der Waals surface area contributed by atoms with E-state index < -0.39 is 0 Å². The Kier molecular flexibility index (Phi) is 11.9. The van der Waals surface area contributed by atoms with Gasteiger partial charge in [0.15, 0.2) is 5.96 Å². The summed E-state index contributed by atoms with van der Waals surface area (Å²) < 4.78 is 0. The van der Waals surface area contributed by atoms with Crippen molar-refractivity contribution in [3.8, 4) is 0 Å². The molecule has 0 heterocycles. The smallest absolute Gasteiger partial charge is 0.242 e. The van der Waals surface area contributed by atoms with E-state index in [0.717, 1.165) is 18.8 Å². The van der Waals surface area contributed by atoms with Crippen LogP contribution in [0.25, 0.3) is 0 Å². The van der Waals surface area contributed by atoms with Crippen LogP contribution in [-0.4, -0.2) is 42.8 Å². The average molecular weight is 478 g/mol. The second-order valence-corrected chi connectivity index (χ2v) is 7.75. The summed E-state index contributed by atoms with van der Waals surface area (Å²) in [6.07, 6.45) is 0. The molecule has 3 N–H and O–H groups in total. The molecule has 0 bridgehead atoms. The number of nitrogens with one attached hydrogen (secondary N) is 3. The van der Waals surface area contributed by atoms with E-state index in [-0.39, 0.29) is 42.0 Å². The SMILES string of the molecule is CCNC(=NCC(=O)NC(C)(C)C)NCCSc1ccc(C)cc1.I. The highest BCUT2D eigenvalue weighted by atomic mass is 127. The van der Waals surface area contributed by atoms with Crippen LogP contribution in [0.3, 0.4) is 0 Å². The van der Waals surface area contributed by atoms with E-state index in [0.29, 0.717) is 5.96 Å². The normalized spacial score (nSPS) is 11.5. The number of halogens is 1. The third-order valence-corrected chi connectivity index (χ3v) is 3.94. The molecule has 0 saturated heterocycles. The van der Waals surface area contributed by atoms with Crippen molar-refractivity contribution in [2.75, 3.05) is 25.4 Å². The highest BCUT2D eigenvalue weighted by Gasteiger charge is 2.13. The average Bonchev–Trinajstić information content (AvgIpc) is 2.49. The summed E-state index contributed by atoms with van der Waals surface area (Å²) in [4.78, 5) is 17.4. The third kappa shape index (κ3) is 12.1. The molecule has 25 heavy (non-hydrogen) atoms. The summed E-state index contributed by atoms with van der Waals surface area (Å²) in [7, 11) is 0. The monoisotopic (exact) mass is 478 g/mol. The van der Waals surface area contributed by atoms with E-state index in [1.54, 1.807) is 11.8 Å². The van der Waals surface area contributed by atoms with Crippen molar-refractivity contribution in [1.29, 1.82) is 0 Å². The number of guanidine groups is 1. The maximum absolute atomic E-state index is 11.8. The highest BCUT2D eigenvalue weighted by Crippen LogP contribution is 2.17. The Hall–Kier alpha value is -0.960. The molecule has 0 aliphatic heterocycles. The quantitative estimate of drug-likeness (QED) is 0.185. The van der Waals surface area contributed by atoms with Gasteiger partial charge in [0, 0.05) is 29.3 Å². The fraction of sp³-hybridized carbons (Fsp3) is 0.556. The number of rotatable bonds is 7. The van der Waals surface area contributed by atoms with Gasteiger partial charge in [-0.2, -0.15) is 0 Å². The number of carbonyl (C=O) groups excluding carboxylic acids is 1. The number of carbonyl (C=O) groups is 1. The number of benzene rings is 1. The maximum atomic E-state index is 11.8. The molecule has 142 valence electrons. The number of thioether (sulfide) groups is 1. The van der Waals surface area contributed by atoms with Crippen molar-refractivity contribution in [1.82, 2.24) is 16.0 Å². The Morgan fingerprint density at radius 2 is 1.80 bits per heavy atom. The molecular formula is C18H31IN4OS. The number of aryl methyl sites for hydroxylation is 1. The van der Waals surface area contributed by atoms with E-state index in [1.807, 2.05) is 27.7 Å². The van der Waals surface area contributed by atoms with Gasteiger partial charge in [-0.1, -0.05) is 17.7 Å². The van der Waals surface area contributed by atoms with Crippen LogP contribution in [0, 0.1) is 6.92 Å². The first-order valence-corrected chi connectivity index (χ1v) is 9.31. The lowest BCUT2D eigenvalue weighted by atomic mass is 10.1. The number of aliphatic imine (C=N–C) groups is 1. The Morgan fingerprint density at radius 1 is 1.16 bits per heavy atom. The summed E-state index contributed by atoms with van der Waals surface area (Å²) in [5, 5.41) is 9.32. The molecule has 1 amide bonds. The van der Waals surface area contributed by atoms with Crippen molar-refractivity contribution in [2.24, 2.45) is 4.99 Å². The number of nitrogens with zero attached hydrogens (tertiary/aromatic N) is 1. The van der Waals surface area contributed by atoms with E-state index >= 15 is 0 Å². The number of hydrogen-bond donors (Lipinski definition) is 3. The second-order valence-electron chi connectivity index (χ2n) is 6.58. The number of hydrogen-bond acceptors (Lipinski definition) is 3. The van der Waals surface area contributed by atoms with Gasteiger partial charge in [-0.15, -0.1) is 35.7 Å². The third-order valence-electron chi connectivity index (χ3n) is 2.92. The second kappa shape index (κ2) is 12.4. The van der Waals surface area contributed by atoms with Crippen LogP contribution < -0.4 is 16.0 Å². The van der Waals surface area contributed by atoms with Crippen molar-refractivity contribution < 1.29 is 4.79 Å². The van der Waals surface area contributed by atoms with Crippen molar-refractivity contribution >= 4 is 47.6 Å². The van der Waals surface area contributed by atoms with Gasteiger partial charge in [0.25, 0.3) is 0 Å². The van der Waals surface area contributed by atoms with Gasteiger partial charge in [-0.25, -0.2) is 4.99 Å². The van der Waals surface area contributed by atoms with Crippen LogP contribution in [0.15, 0.2) is 34.2 Å². The predicted molar refractivity (Wildman–Crippen MR) is 119 cm³/mol. The van der Waals surface area contributed by atoms with E-state index in [4.69, 9.17) is 0 Å². The topological polar surface area (TPSA) is 65.5 Å². The minimum atomic E-state index is -0.233. The Morgan fingerprint density at radius 3 is 2.36 bits per heavy atom. The minimum Gasteiger partial charge on any atom is -0.357 e. The van der Waals surface area contributed by atoms with Gasteiger partial charge in [-0.3, -0.25) is 4.79 Å². The largest absolute Gasteiger partial charge is 0.357 e. The minimum absolute atomic E-state index is 0. The van der Waals surface area contributed by atoms with Crippen LogP contribution >= 0.6 is 35.7 Å². The Bertz CT molecular complexity index is 541. The molecule has 1 aromatic carbocycles. The Balaban J connectivity index is 0.00000576. The molecule has 0 aromatic heterocycles. The summed E-state index contributed by atoms with van der Waals surface area (Å²) in [6.45, 7) is 11.6. The first kappa shape index (κ1) is 24.0. The van der Waals surface area contributed by atoms with E-state index in [2.05, 4.69) is 52.1 Å². The zero-order valence-corrected chi connectivity index (χ0v) is 19.0. The van der Waals surface area contributed by atoms with E-state index in [9.17, 15) is 4.79 Å². The molecule has 1 aromatic rings. The van der Waals surface area contributed by atoms with Gasteiger partial charge in [0.05, 0.1) is 0 Å². The highest BCUT2D eigenvalue weighted by molar-refractivity contribution is 14.0. The molecule has 0 saturated carbocycles. The molecule has 0 atom stereocenters. The van der Waals surface area contributed by atoms with Crippen LogP contribution in [0.1, 0.15) is 33.3 Å². The summed E-state index contributed by atoms with van der Waals surface area (Å²) in [6, 6.07) is 8.51. The summed E-state index contributed by atoms with van der Waals surface area (Å²) >= 11 is 1.80. The summed E-state index contributed by atoms with van der Waals surface area (Å²) in [5.74, 6) is 1.53. The van der Waals surface area contributed by atoms with Gasteiger partial charge in [0.1, 0.15) is 6.54 Å². The lowest BCUT2D eigenvalue weighted by Gasteiger charge is -2.20. The molecule has 1 rings (SSSR count). The predicted octanol–water partition coefficient (Wildman–Crippen LogP) is 3.17. The zero-order valence-electron chi connectivity index (χ0n) is 15.8. The molecule has 7 heteroatoms. The maximum Gasteiger partial charge on any atom is 0.242 e. The molecule has 0 aliphatic carbocycles. The van der Waals surface area contributed by atoms with Gasteiger partial charge in [-0.05, 0) is 46.8 Å². The van der Waals surface area contributed by atoms with Gasteiger partial charge in [0.2, 0.25) is 5.91 Å². The molecular weight excluding hydrogens is 447 g/mol. The van der Waals surface area contributed by atoms with Crippen molar-refractivity contribution in [3.63, 3.8) is 0 Å². The van der Waals surface area contributed by atoms with Crippen molar-refractivity contribution in [2.45, 2.75) is 45.1 Å². The van der Waals surface area contributed by atoms with Crippen molar-refractivity contribution in [3.05, 3.63) is 29.8 Å². The van der Waals surface area contributed by atoms with Crippen LogP contribution in [0.4, 0.5) is 0 Å². The first-order chi connectivity index (χ1) is 11.3. The molecule has 5 nitrogen and oxygen atoms in total. The van der Waals surface area contributed by atoms with Crippen LogP contribution in [0.2, 0.25) is 0 Å². The fourth-order valence-electron chi connectivity index (χ4n) is 1.92. The first-order valence-electron chi connectivity index (χ1n) is 8.33.